The van der Waals surface area contributed by atoms with Crippen LogP contribution < -0.4 is 4.72 Å². The van der Waals surface area contributed by atoms with Crippen LogP contribution in [0.2, 0.25) is 0 Å². The van der Waals surface area contributed by atoms with Gasteiger partial charge in [0.05, 0.1) is 0 Å². The number of hydrogen-bond acceptors (Lipinski definition) is 4. The monoisotopic (exact) mass is 281 g/mol. The summed E-state index contributed by atoms with van der Waals surface area (Å²) in [6.07, 6.45) is 1.47. The Balaban J connectivity index is 2.11. The first-order chi connectivity index (χ1) is 8.88. The molecule has 19 heavy (non-hydrogen) atoms. The molecule has 0 aliphatic rings. The van der Waals surface area contributed by atoms with Crippen LogP contribution in [0.15, 0.2) is 35.5 Å². The van der Waals surface area contributed by atoms with Crippen molar-refractivity contribution in [2.45, 2.75) is 18.5 Å². The first-order valence-electron chi connectivity index (χ1n) is 5.66. The molecule has 0 saturated heterocycles. The molecule has 2 N–H and O–H groups in total. The summed E-state index contributed by atoms with van der Waals surface area (Å²) >= 11 is 0. The van der Waals surface area contributed by atoms with E-state index < -0.39 is 10.0 Å². The van der Waals surface area contributed by atoms with Gasteiger partial charge in [-0.05, 0) is 24.6 Å². The maximum atomic E-state index is 12.0. The van der Waals surface area contributed by atoms with E-state index in [0.29, 0.717) is 5.82 Å². The number of imidazole rings is 1. The minimum atomic E-state index is -3.61. The fourth-order valence-corrected chi connectivity index (χ4v) is 2.58. The molecule has 0 aliphatic carbocycles. The highest BCUT2D eigenvalue weighted by atomic mass is 32.2. The summed E-state index contributed by atoms with van der Waals surface area (Å²) in [4.78, 5) is 3.98. The van der Waals surface area contributed by atoms with E-state index in [-0.39, 0.29) is 17.3 Å². The summed E-state index contributed by atoms with van der Waals surface area (Å²) in [5, 5.41) is 9.15. The van der Waals surface area contributed by atoms with Crippen molar-refractivity contribution in [1.82, 2.24) is 14.3 Å². The molecule has 0 amide bonds. The largest absolute Gasteiger partial charge is 0.508 e. The Kier molecular flexibility index (Phi) is 3.59. The molecule has 7 heteroatoms. The second-order valence-electron chi connectivity index (χ2n) is 4.23. The van der Waals surface area contributed by atoms with E-state index in [9.17, 15) is 8.42 Å². The highest BCUT2D eigenvalue weighted by Gasteiger charge is 2.17. The molecule has 1 heterocycles. The number of benzene rings is 1. The minimum absolute atomic E-state index is 0.00581. The Bertz CT molecular complexity index is 655. The van der Waals surface area contributed by atoms with Crippen molar-refractivity contribution < 1.29 is 13.5 Å². The van der Waals surface area contributed by atoms with Crippen LogP contribution in [-0.4, -0.2) is 23.1 Å². The molecule has 0 spiro atoms. The van der Waals surface area contributed by atoms with Gasteiger partial charge in [0, 0.05) is 19.8 Å². The second-order valence-corrected chi connectivity index (χ2v) is 5.94. The van der Waals surface area contributed by atoms with Crippen molar-refractivity contribution in [3.63, 3.8) is 0 Å². The Morgan fingerprint density at radius 3 is 2.47 bits per heavy atom. The van der Waals surface area contributed by atoms with Crippen LogP contribution >= 0.6 is 0 Å². The van der Waals surface area contributed by atoms with Crippen molar-refractivity contribution >= 4 is 10.0 Å². The highest BCUT2D eigenvalue weighted by molar-refractivity contribution is 7.89. The fourth-order valence-electron chi connectivity index (χ4n) is 1.52. The molecule has 0 bridgehead atoms. The van der Waals surface area contributed by atoms with Gasteiger partial charge in [0.1, 0.15) is 11.6 Å². The lowest BCUT2D eigenvalue weighted by molar-refractivity contribution is 0.475. The quantitative estimate of drug-likeness (QED) is 0.872. The van der Waals surface area contributed by atoms with Crippen LogP contribution in [0.25, 0.3) is 0 Å². The number of sulfonamides is 1. The predicted molar refractivity (Wildman–Crippen MR) is 70.1 cm³/mol. The maximum absolute atomic E-state index is 12.0. The average Bonchev–Trinajstić information content (AvgIpc) is 2.70. The van der Waals surface area contributed by atoms with Gasteiger partial charge in [-0.25, -0.2) is 18.1 Å². The molecule has 2 aromatic rings. The third-order valence-electron chi connectivity index (χ3n) is 2.76. The lowest BCUT2D eigenvalue weighted by Crippen LogP contribution is -2.23. The number of aromatic nitrogens is 2. The van der Waals surface area contributed by atoms with E-state index in [1.807, 2.05) is 0 Å². The summed E-state index contributed by atoms with van der Waals surface area (Å²) in [5.41, 5.74) is 0.758. The summed E-state index contributed by atoms with van der Waals surface area (Å²) in [6, 6.07) is 6.33. The SMILES string of the molecule is Cc1nc(S(=O)(=O)NCc2ccc(O)cc2)cn1C. The number of aromatic hydroxyl groups is 1. The molecule has 1 aromatic carbocycles. The Labute approximate surface area is 111 Å². The van der Waals surface area contributed by atoms with Gasteiger partial charge < -0.3 is 9.67 Å². The van der Waals surface area contributed by atoms with Crippen molar-refractivity contribution in [3.8, 4) is 5.75 Å². The van der Waals surface area contributed by atoms with Crippen LogP contribution in [0.5, 0.6) is 5.75 Å². The number of nitrogens with zero attached hydrogens (tertiary/aromatic N) is 2. The number of phenolic OH excluding ortho intramolecular Hbond substituents is 1. The molecule has 1 aromatic heterocycles. The van der Waals surface area contributed by atoms with Crippen LogP contribution in [0, 0.1) is 6.92 Å². The number of hydrogen-bond donors (Lipinski definition) is 2. The summed E-state index contributed by atoms with van der Waals surface area (Å²) < 4.78 is 28.1. The number of aryl methyl sites for hydroxylation is 2. The van der Waals surface area contributed by atoms with Gasteiger partial charge in [-0.1, -0.05) is 12.1 Å². The normalized spacial score (nSPS) is 11.7. The van der Waals surface area contributed by atoms with Crippen molar-refractivity contribution in [1.29, 1.82) is 0 Å². The number of phenols is 1. The standard InChI is InChI=1S/C12H15N3O3S/c1-9-14-12(8-15(9)2)19(17,18)13-7-10-3-5-11(16)6-4-10/h3-6,8,13,16H,7H2,1-2H3. The summed E-state index contributed by atoms with van der Waals surface area (Å²) in [6.45, 7) is 1.89. The fraction of sp³-hybridized carbons (Fsp3) is 0.250. The zero-order chi connectivity index (χ0) is 14.0. The molecule has 6 nitrogen and oxygen atoms in total. The molecule has 0 atom stereocenters. The Morgan fingerprint density at radius 1 is 1.32 bits per heavy atom. The molecular formula is C12H15N3O3S. The number of rotatable bonds is 4. The van der Waals surface area contributed by atoms with Gasteiger partial charge in [0.25, 0.3) is 10.0 Å². The number of nitrogens with one attached hydrogen (secondary N) is 1. The lowest BCUT2D eigenvalue weighted by Gasteiger charge is -2.04. The third-order valence-corrected chi connectivity index (χ3v) is 4.04. The second kappa shape index (κ2) is 5.02. The van der Waals surface area contributed by atoms with E-state index in [2.05, 4.69) is 9.71 Å². The average molecular weight is 281 g/mol. The van der Waals surface area contributed by atoms with Crippen LogP contribution in [0.1, 0.15) is 11.4 Å². The topological polar surface area (TPSA) is 84.2 Å². The van der Waals surface area contributed by atoms with Gasteiger partial charge in [-0.15, -0.1) is 0 Å². The van der Waals surface area contributed by atoms with Crippen molar-refractivity contribution in [2.75, 3.05) is 0 Å². The van der Waals surface area contributed by atoms with Crippen LogP contribution in [0.3, 0.4) is 0 Å². The van der Waals surface area contributed by atoms with E-state index in [1.54, 1.807) is 30.7 Å². The molecule has 0 aliphatic heterocycles. The smallest absolute Gasteiger partial charge is 0.259 e. The van der Waals surface area contributed by atoms with Gasteiger partial charge in [0.15, 0.2) is 5.03 Å². The Hall–Kier alpha value is -1.86. The molecule has 0 radical (unpaired) electrons. The van der Waals surface area contributed by atoms with Crippen molar-refractivity contribution in [2.24, 2.45) is 7.05 Å². The van der Waals surface area contributed by atoms with Crippen LogP contribution in [0.4, 0.5) is 0 Å². The minimum Gasteiger partial charge on any atom is -0.508 e. The highest BCUT2D eigenvalue weighted by Crippen LogP contribution is 2.11. The zero-order valence-corrected chi connectivity index (χ0v) is 11.5. The maximum Gasteiger partial charge on any atom is 0.259 e. The first kappa shape index (κ1) is 13.6. The Morgan fingerprint density at radius 2 is 1.95 bits per heavy atom. The van der Waals surface area contributed by atoms with Gasteiger partial charge in [-0.3, -0.25) is 0 Å². The molecule has 0 saturated carbocycles. The summed E-state index contributed by atoms with van der Waals surface area (Å²) in [5.74, 6) is 0.775. The lowest BCUT2D eigenvalue weighted by atomic mass is 10.2. The van der Waals surface area contributed by atoms with E-state index in [4.69, 9.17) is 5.11 Å². The summed E-state index contributed by atoms with van der Waals surface area (Å²) in [7, 11) is -1.88. The van der Waals surface area contributed by atoms with E-state index in [1.165, 1.54) is 18.3 Å². The molecule has 102 valence electrons. The molecule has 2 rings (SSSR count). The molecule has 0 fully saturated rings. The van der Waals surface area contributed by atoms with Gasteiger partial charge in [-0.2, -0.15) is 0 Å². The van der Waals surface area contributed by atoms with Gasteiger partial charge >= 0.3 is 0 Å². The van der Waals surface area contributed by atoms with Crippen LogP contribution in [-0.2, 0) is 23.6 Å². The van der Waals surface area contributed by atoms with E-state index in [0.717, 1.165) is 5.56 Å². The van der Waals surface area contributed by atoms with E-state index >= 15 is 0 Å². The molecule has 0 unspecified atom stereocenters. The van der Waals surface area contributed by atoms with Gasteiger partial charge in [0.2, 0.25) is 0 Å². The zero-order valence-electron chi connectivity index (χ0n) is 10.7. The van der Waals surface area contributed by atoms with Crippen molar-refractivity contribution in [3.05, 3.63) is 41.9 Å². The third kappa shape index (κ3) is 3.12. The molecular weight excluding hydrogens is 266 g/mol. The first-order valence-corrected chi connectivity index (χ1v) is 7.14. The predicted octanol–water partition coefficient (Wildman–Crippen LogP) is 0.913.